The van der Waals surface area contributed by atoms with Crippen LogP contribution in [0.25, 0.3) is 0 Å². The zero-order chi connectivity index (χ0) is 15.9. The summed E-state index contributed by atoms with van der Waals surface area (Å²) in [6.07, 6.45) is 6.70. The van der Waals surface area contributed by atoms with E-state index in [1.165, 1.54) is 25.0 Å². The fourth-order valence-electron chi connectivity index (χ4n) is 4.54. The number of nitrogens with zero attached hydrogens (tertiary/aromatic N) is 5. The second-order valence-electron chi connectivity index (χ2n) is 7.02. The maximum Gasteiger partial charge on any atom is 0.234 e. The highest BCUT2D eigenvalue weighted by atomic mass is 16.5. The zero-order valence-corrected chi connectivity index (χ0v) is 14.0. The molecule has 0 N–H and O–H groups in total. The van der Waals surface area contributed by atoms with Crippen LogP contribution in [0, 0.1) is 12.8 Å². The molecule has 4 rings (SSSR count). The Hall–Kier alpha value is -1.69. The van der Waals surface area contributed by atoms with Crippen LogP contribution in [0.15, 0.2) is 16.8 Å². The number of rotatable bonds is 5. The largest absolute Gasteiger partial charge is 0.339 e. The van der Waals surface area contributed by atoms with Gasteiger partial charge in [-0.2, -0.15) is 10.1 Å². The Bertz CT molecular complexity index is 678. The molecular weight excluding hydrogens is 290 g/mol. The molecule has 2 aliphatic rings. The Morgan fingerprint density at radius 2 is 2.35 bits per heavy atom. The summed E-state index contributed by atoms with van der Waals surface area (Å²) in [6.45, 7) is 8.28. The first-order valence-electron chi connectivity index (χ1n) is 8.75. The normalized spacial score (nSPS) is 27.7. The zero-order valence-electron chi connectivity index (χ0n) is 14.0. The average molecular weight is 315 g/mol. The summed E-state index contributed by atoms with van der Waals surface area (Å²) in [4.78, 5) is 7.16. The van der Waals surface area contributed by atoms with Crippen molar-refractivity contribution in [3.63, 3.8) is 0 Å². The maximum atomic E-state index is 5.59. The second-order valence-corrected chi connectivity index (χ2v) is 7.02. The van der Waals surface area contributed by atoms with E-state index in [-0.39, 0.29) is 5.41 Å². The van der Waals surface area contributed by atoms with Gasteiger partial charge >= 0.3 is 0 Å². The summed E-state index contributed by atoms with van der Waals surface area (Å²) in [7, 11) is 0. The van der Waals surface area contributed by atoms with E-state index in [1.807, 2.05) is 13.1 Å². The van der Waals surface area contributed by atoms with Gasteiger partial charge in [-0.15, -0.1) is 0 Å². The van der Waals surface area contributed by atoms with Crippen molar-refractivity contribution in [2.75, 3.05) is 19.6 Å². The highest BCUT2D eigenvalue weighted by Gasteiger charge is 2.53. The van der Waals surface area contributed by atoms with E-state index in [0.29, 0.717) is 5.92 Å². The summed E-state index contributed by atoms with van der Waals surface area (Å²) in [5.74, 6) is 2.29. The molecule has 0 bridgehead atoms. The Labute approximate surface area is 136 Å². The molecule has 2 aromatic rings. The molecule has 1 aliphatic heterocycles. The van der Waals surface area contributed by atoms with E-state index < -0.39 is 0 Å². The maximum absolute atomic E-state index is 5.59. The highest BCUT2D eigenvalue weighted by Crippen LogP contribution is 2.49. The number of likely N-dealkylation sites (tertiary alicyclic amines) is 1. The van der Waals surface area contributed by atoms with Crippen molar-refractivity contribution in [3.05, 3.63) is 29.7 Å². The van der Waals surface area contributed by atoms with E-state index in [1.54, 1.807) is 0 Å². The topological polar surface area (TPSA) is 60.0 Å². The Morgan fingerprint density at radius 3 is 3.13 bits per heavy atom. The van der Waals surface area contributed by atoms with Gasteiger partial charge in [-0.25, -0.2) is 0 Å². The SMILES string of the molecule is CCn1nccc1CCN1C[C@@H]2CCC[C@]2(c2nc(C)no2)C1. The predicted molar refractivity (Wildman–Crippen MR) is 86.1 cm³/mol. The van der Waals surface area contributed by atoms with E-state index in [2.05, 4.69) is 37.8 Å². The quantitative estimate of drug-likeness (QED) is 0.846. The van der Waals surface area contributed by atoms with Crippen molar-refractivity contribution in [2.24, 2.45) is 5.92 Å². The number of hydrogen-bond acceptors (Lipinski definition) is 5. The van der Waals surface area contributed by atoms with E-state index in [9.17, 15) is 0 Å². The molecule has 0 unspecified atom stereocenters. The van der Waals surface area contributed by atoms with Crippen LogP contribution >= 0.6 is 0 Å². The van der Waals surface area contributed by atoms with Crippen molar-refractivity contribution >= 4 is 0 Å². The lowest BCUT2D eigenvalue weighted by atomic mass is 9.80. The van der Waals surface area contributed by atoms with E-state index in [0.717, 1.165) is 44.3 Å². The van der Waals surface area contributed by atoms with E-state index in [4.69, 9.17) is 4.52 Å². The number of hydrogen-bond donors (Lipinski definition) is 0. The molecule has 2 fully saturated rings. The van der Waals surface area contributed by atoms with Gasteiger partial charge in [0.15, 0.2) is 5.82 Å². The van der Waals surface area contributed by atoms with Gasteiger partial charge < -0.3 is 9.42 Å². The van der Waals surface area contributed by atoms with Gasteiger partial charge in [0.1, 0.15) is 0 Å². The van der Waals surface area contributed by atoms with Crippen LogP contribution in [0.3, 0.4) is 0 Å². The molecule has 1 aliphatic carbocycles. The van der Waals surface area contributed by atoms with Gasteiger partial charge in [-0.05, 0) is 38.7 Å². The molecule has 124 valence electrons. The van der Waals surface area contributed by atoms with Crippen LogP contribution in [-0.2, 0) is 18.4 Å². The van der Waals surface area contributed by atoms with Crippen LogP contribution < -0.4 is 0 Å². The van der Waals surface area contributed by atoms with Crippen molar-refractivity contribution in [1.29, 1.82) is 0 Å². The lowest BCUT2D eigenvalue weighted by Gasteiger charge is -2.24. The molecule has 0 aromatic carbocycles. The first-order chi connectivity index (χ1) is 11.2. The third-order valence-corrected chi connectivity index (χ3v) is 5.68. The molecule has 23 heavy (non-hydrogen) atoms. The fraction of sp³-hybridized carbons (Fsp3) is 0.706. The standard InChI is InChI=1S/C17H25N5O/c1-3-22-15(6-9-18-22)7-10-21-11-14-5-4-8-17(14,12-21)16-19-13(2)20-23-16/h6,9,14H,3-5,7-8,10-12H2,1-2H3/t14-,17-/m0/s1. The Kier molecular flexibility index (Phi) is 3.71. The first-order valence-corrected chi connectivity index (χ1v) is 8.75. The molecule has 2 atom stereocenters. The van der Waals surface area contributed by atoms with Crippen molar-refractivity contribution in [2.45, 2.75) is 51.5 Å². The van der Waals surface area contributed by atoms with Gasteiger partial charge in [-0.1, -0.05) is 11.6 Å². The van der Waals surface area contributed by atoms with E-state index >= 15 is 0 Å². The Balaban J connectivity index is 1.47. The lowest BCUT2D eigenvalue weighted by Crippen LogP contribution is -2.33. The van der Waals surface area contributed by atoms with Crippen molar-refractivity contribution < 1.29 is 4.52 Å². The Morgan fingerprint density at radius 1 is 1.43 bits per heavy atom. The predicted octanol–water partition coefficient (Wildman–Crippen LogP) is 2.19. The molecule has 1 saturated heterocycles. The minimum Gasteiger partial charge on any atom is -0.339 e. The monoisotopic (exact) mass is 315 g/mol. The minimum absolute atomic E-state index is 0.103. The van der Waals surface area contributed by atoms with Crippen molar-refractivity contribution in [3.8, 4) is 0 Å². The van der Waals surface area contributed by atoms with Gasteiger partial charge in [0.2, 0.25) is 5.89 Å². The smallest absolute Gasteiger partial charge is 0.234 e. The van der Waals surface area contributed by atoms with Crippen LogP contribution in [0.2, 0.25) is 0 Å². The van der Waals surface area contributed by atoms with Crippen LogP contribution in [0.1, 0.15) is 43.6 Å². The molecule has 6 heteroatoms. The number of aromatic nitrogens is 4. The molecule has 0 spiro atoms. The van der Waals surface area contributed by atoms with Gasteiger partial charge in [0, 0.05) is 44.5 Å². The summed E-state index contributed by atoms with van der Waals surface area (Å²) < 4.78 is 7.68. The summed E-state index contributed by atoms with van der Waals surface area (Å²) in [5.41, 5.74) is 1.43. The molecular formula is C17H25N5O. The van der Waals surface area contributed by atoms with Crippen LogP contribution in [0.5, 0.6) is 0 Å². The van der Waals surface area contributed by atoms with Gasteiger partial charge in [-0.3, -0.25) is 4.68 Å². The molecule has 6 nitrogen and oxygen atoms in total. The number of fused-ring (bicyclic) bond motifs is 1. The average Bonchev–Trinajstić information content (AvgIpc) is 3.27. The minimum atomic E-state index is 0.103. The summed E-state index contributed by atoms with van der Waals surface area (Å²) in [5, 5.41) is 8.40. The third-order valence-electron chi connectivity index (χ3n) is 5.68. The molecule has 2 aromatic heterocycles. The highest BCUT2D eigenvalue weighted by molar-refractivity contribution is 5.17. The first kappa shape index (κ1) is 14.9. The number of aryl methyl sites for hydroxylation is 2. The van der Waals surface area contributed by atoms with Gasteiger partial charge in [0.05, 0.1) is 5.41 Å². The van der Waals surface area contributed by atoms with Crippen LogP contribution in [0.4, 0.5) is 0 Å². The van der Waals surface area contributed by atoms with Crippen LogP contribution in [-0.4, -0.2) is 44.5 Å². The molecule has 0 radical (unpaired) electrons. The second kappa shape index (κ2) is 5.74. The summed E-state index contributed by atoms with van der Waals surface area (Å²) in [6, 6.07) is 2.14. The molecule has 3 heterocycles. The summed E-state index contributed by atoms with van der Waals surface area (Å²) >= 11 is 0. The lowest BCUT2D eigenvalue weighted by molar-refractivity contribution is 0.247. The van der Waals surface area contributed by atoms with Gasteiger partial charge in [0.25, 0.3) is 0 Å². The van der Waals surface area contributed by atoms with Crippen molar-refractivity contribution in [1.82, 2.24) is 24.8 Å². The molecule has 1 saturated carbocycles. The fourth-order valence-corrected chi connectivity index (χ4v) is 4.54. The molecule has 0 amide bonds. The third kappa shape index (κ3) is 2.49.